The molecule has 1 aromatic carbocycles. The molecule has 27 heavy (non-hydrogen) atoms. The lowest BCUT2D eigenvalue weighted by atomic mass is 9.92. The van der Waals surface area contributed by atoms with Gasteiger partial charge in [0.15, 0.2) is 5.78 Å². The third-order valence-electron chi connectivity index (χ3n) is 5.20. The molecule has 0 saturated heterocycles. The van der Waals surface area contributed by atoms with Crippen LogP contribution in [0.2, 0.25) is 0 Å². The summed E-state index contributed by atoms with van der Waals surface area (Å²) >= 11 is 0. The fraction of sp³-hybridized carbons (Fsp3) is 0.455. The quantitative estimate of drug-likeness (QED) is 0.817. The molecule has 1 aliphatic rings. The Bertz CT molecular complexity index is 824. The van der Waals surface area contributed by atoms with Gasteiger partial charge in [0.05, 0.1) is 13.0 Å². The highest BCUT2D eigenvalue weighted by Crippen LogP contribution is 2.31. The fourth-order valence-corrected chi connectivity index (χ4v) is 3.96. The van der Waals surface area contributed by atoms with Crippen molar-refractivity contribution in [1.82, 2.24) is 9.88 Å². The standard InChI is InChI=1S/C22H28N2O3/c1-15(14-27-3)23-21(26)12-18-16(2)24(13-17-8-5-4-6-9-17)19-10-7-11-20(25)22(18)19/h4-6,8-9,15H,7,10-14H2,1-3H3,(H,23,26)/t15-/m1/s1. The number of hydrogen-bond acceptors (Lipinski definition) is 3. The zero-order valence-corrected chi connectivity index (χ0v) is 16.4. The number of hydrogen-bond donors (Lipinski definition) is 1. The summed E-state index contributed by atoms with van der Waals surface area (Å²) in [6.07, 6.45) is 2.56. The van der Waals surface area contributed by atoms with Crippen LogP contribution in [-0.2, 0) is 28.9 Å². The van der Waals surface area contributed by atoms with E-state index in [0.717, 1.165) is 41.9 Å². The Kier molecular flexibility index (Phi) is 6.11. The first kappa shape index (κ1) is 19.4. The van der Waals surface area contributed by atoms with Crippen LogP contribution in [0.4, 0.5) is 0 Å². The minimum Gasteiger partial charge on any atom is -0.383 e. The number of carbonyl (C=O) groups is 2. The van der Waals surface area contributed by atoms with E-state index < -0.39 is 0 Å². The number of fused-ring (bicyclic) bond motifs is 1. The highest BCUT2D eigenvalue weighted by molar-refractivity contribution is 6.01. The summed E-state index contributed by atoms with van der Waals surface area (Å²) in [5.41, 5.74) is 4.96. The number of rotatable bonds is 7. The predicted octanol–water partition coefficient (Wildman–Crippen LogP) is 3.06. The number of methoxy groups -OCH3 is 1. The van der Waals surface area contributed by atoms with Crippen molar-refractivity contribution in [2.24, 2.45) is 0 Å². The van der Waals surface area contributed by atoms with Gasteiger partial charge in [0.25, 0.3) is 0 Å². The van der Waals surface area contributed by atoms with Crippen molar-refractivity contribution >= 4 is 11.7 Å². The smallest absolute Gasteiger partial charge is 0.224 e. The molecule has 0 radical (unpaired) electrons. The second kappa shape index (κ2) is 8.53. The third kappa shape index (κ3) is 4.30. The van der Waals surface area contributed by atoms with Crippen molar-refractivity contribution in [3.8, 4) is 0 Å². The van der Waals surface area contributed by atoms with Crippen LogP contribution in [0.25, 0.3) is 0 Å². The van der Waals surface area contributed by atoms with E-state index in [1.807, 2.05) is 32.0 Å². The Morgan fingerprint density at radius 2 is 2.00 bits per heavy atom. The van der Waals surface area contributed by atoms with Crippen molar-refractivity contribution in [3.63, 3.8) is 0 Å². The van der Waals surface area contributed by atoms with E-state index in [4.69, 9.17) is 4.74 Å². The number of Topliss-reactive ketones (excluding diaryl/α,β-unsaturated/α-hetero) is 1. The maximum Gasteiger partial charge on any atom is 0.224 e. The minimum absolute atomic E-state index is 0.0549. The minimum atomic E-state index is -0.0688. The number of amides is 1. The average Bonchev–Trinajstić information content (AvgIpc) is 2.89. The van der Waals surface area contributed by atoms with Crippen LogP contribution in [0.5, 0.6) is 0 Å². The summed E-state index contributed by atoms with van der Waals surface area (Å²) in [5.74, 6) is 0.0968. The predicted molar refractivity (Wildman–Crippen MR) is 105 cm³/mol. The van der Waals surface area contributed by atoms with Crippen LogP contribution in [0, 0.1) is 6.92 Å². The van der Waals surface area contributed by atoms with Gasteiger partial charge in [-0.25, -0.2) is 0 Å². The molecule has 0 spiro atoms. The van der Waals surface area contributed by atoms with E-state index in [1.165, 1.54) is 5.56 Å². The zero-order chi connectivity index (χ0) is 19.4. The van der Waals surface area contributed by atoms with Gasteiger partial charge in [-0.3, -0.25) is 9.59 Å². The van der Waals surface area contributed by atoms with E-state index in [0.29, 0.717) is 13.0 Å². The molecule has 0 fully saturated rings. The first-order valence-electron chi connectivity index (χ1n) is 9.57. The molecule has 1 atom stereocenters. The Labute approximate surface area is 160 Å². The van der Waals surface area contributed by atoms with Gasteiger partial charge in [-0.1, -0.05) is 30.3 Å². The molecule has 5 nitrogen and oxygen atoms in total. The molecule has 1 heterocycles. The largest absolute Gasteiger partial charge is 0.383 e. The number of nitrogens with zero attached hydrogens (tertiary/aromatic N) is 1. The Morgan fingerprint density at radius 1 is 1.26 bits per heavy atom. The molecule has 0 unspecified atom stereocenters. The van der Waals surface area contributed by atoms with E-state index >= 15 is 0 Å². The van der Waals surface area contributed by atoms with Crippen LogP contribution in [0.3, 0.4) is 0 Å². The molecule has 1 amide bonds. The molecule has 1 aromatic heterocycles. The maximum atomic E-state index is 12.7. The lowest BCUT2D eigenvalue weighted by Gasteiger charge is -2.16. The zero-order valence-electron chi connectivity index (χ0n) is 16.4. The summed E-state index contributed by atoms with van der Waals surface area (Å²) in [6.45, 7) is 5.13. The van der Waals surface area contributed by atoms with Gasteiger partial charge in [0.1, 0.15) is 0 Å². The van der Waals surface area contributed by atoms with Gasteiger partial charge in [-0.15, -0.1) is 0 Å². The van der Waals surface area contributed by atoms with Crippen LogP contribution >= 0.6 is 0 Å². The normalized spacial score (nSPS) is 14.7. The van der Waals surface area contributed by atoms with Crippen molar-refractivity contribution in [2.45, 2.75) is 52.1 Å². The number of aromatic nitrogens is 1. The van der Waals surface area contributed by atoms with Crippen LogP contribution in [0.1, 0.15) is 52.6 Å². The van der Waals surface area contributed by atoms with Gasteiger partial charge in [-0.05, 0) is 37.8 Å². The number of carbonyl (C=O) groups excluding carboxylic acids is 2. The second-order valence-corrected chi connectivity index (χ2v) is 7.33. The van der Waals surface area contributed by atoms with Crippen LogP contribution in [-0.4, -0.2) is 36.0 Å². The first-order chi connectivity index (χ1) is 13.0. The monoisotopic (exact) mass is 368 g/mol. The SMILES string of the molecule is COC[C@@H](C)NC(=O)Cc1c2c(n(Cc3ccccc3)c1C)CCCC2=O. The lowest BCUT2D eigenvalue weighted by molar-refractivity contribution is -0.121. The Balaban J connectivity index is 1.91. The van der Waals surface area contributed by atoms with E-state index in [-0.39, 0.29) is 24.2 Å². The molecular formula is C22H28N2O3. The fourth-order valence-electron chi connectivity index (χ4n) is 3.96. The molecule has 3 rings (SSSR count). The van der Waals surface area contributed by atoms with E-state index in [1.54, 1.807) is 7.11 Å². The van der Waals surface area contributed by atoms with Crippen LogP contribution < -0.4 is 5.32 Å². The average molecular weight is 368 g/mol. The Morgan fingerprint density at radius 3 is 2.70 bits per heavy atom. The molecule has 5 heteroatoms. The van der Waals surface area contributed by atoms with Gasteiger partial charge in [-0.2, -0.15) is 0 Å². The summed E-state index contributed by atoms with van der Waals surface area (Å²) in [4.78, 5) is 25.2. The summed E-state index contributed by atoms with van der Waals surface area (Å²) in [6, 6.07) is 10.2. The van der Waals surface area contributed by atoms with Crippen molar-refractivity contribution in [3.05, 3.63) is 58.4 Å². The van der Waals surface area contributed by atoms with Gasteiger partial charge in [0.2, 0.25) is 5.91 Å². The number of benzene rings is 1. The Hall–Kier alpha value is -2.40. The van der Waals surface area contributed by atoms with Crippen molar-refractivity contribution in [2.75, 3.05) is 13.7 Å². The highest BCUT2D eigenvalue weighted by Gasteiger charge is 2.29. The molecular weight excluding hydrogens is 340 g/mol. The molecule has 144 valence electrons. The second-order valence-electron chi connectivity index (χ2n) is 7.33. The van der Waals surface area contributed by atoms with Crippen LogP contribution in [0.15, 0.2) is 30.3 Å². The summed E-state index contributed by atoms with van der Waals surface area (Å²) in [5, 5.41) is 2.95. The summed E-state index contributed by atoms with van der Waals surface area (Å²) < 4.78 is 7.31. The summed E-state index contributed by atoms with van der Waals surface area (Å²) in [7, 11) is 1.62. The molecule has 0 bridgehead atoms. The van der Waals surface area contributed by atoms with E-state index in [2.05, 4.69) is 22.0 Å². The van der Waals surface area contributed by atoms with Gasteiger partial charge in [0, 0.05) is 43.1 Å². The number of ketones is 1. The third-order valence-corrected chi connectivity index (χ3v) is 5.20. The molecule has 1 aliphatic carbocycles. The molecule has 0 saturated carbocycles. The van der Waals surface area contributed by atoms with E-state index in [9.17, 15) is 9.59 Å². The molecule has 1 N–H and O–H groups in total. The molecule has 0 aliphatic heterocycles. The maximum absolute atomic E-state index is 12.7. The van der Waals surface area contributed by atoms with Gasteiger partial charge >= 0.3 is 0 Å². The lowest BCUT2D eigenvalue weighted by Crippen LogP contribution is -2.36. The van der Waals surface area contributed by atoms with Crippen molar-refractivity contribution in [1.29, 1.82) is 0 Å². The number of nitrogens with one attached hydrogen (secondary N) is 1. The highest BCUT2D eigenvalue weighted by atomic mass is 16.5. The van der Waals surface area contributed by atoms with Gasteiger partial charge < -0.3 is 14.6 Å². The molecule has 2 aromatic rings. The first-order valence-corrected chi connectivity index (χ1v) is 9.57. The topological polar surface area (TPSA) is 60.3 Å². The number of ether oxygens (including phenoxy) is 1. The van der Waals surface area contributed by atoms with Crippen molar-refractivity contribution < 1.29 is 14.3 Å².